The smallest absolute Gasteiger partial charge is 0.239 e. The van der Waals surface area contributed by atoms with Crippen LogP contribution in [-0.4, -0.2) is 46.5 Å². The molecule has 1 aromatic carbocycles. The van der Waals surface area contributed by atoms with Gasteiger partial charge in [0, 0.05) is 31.0 Å². The minimum absolute atomic E-state index is 0.0116. The van der Waals surface area contributed by atoms with E-state index in [1.54, 1.807) is 6.33 Å². The van der Waals surface area contributed by atoms with Gasteiger partial charge in [-0.1, -0.05) is 32.9 Å². The number of aromatic amines is 1. The summed E-state index contributed by atoms with van der Waals surface area (Å²) in [7, 11) is 0. The monoisotopic (exact) mass is 406 g/mol. The molecule has 0 aliphatic carbocycles. The maximum Gasteiger partial charge on any atom is 0.239 e. The SMILES string of the molecule is CC(C)(C)c1cccc(NCC(=O)NC2CCCN(c3ncnc4[nH]ccc34)C2)c1. The molecule has 1 saturated heterocycles. The molecule has 1 fully saturated rings. The first kappa shape index (κ1) is 20.2. The quantitative estimate of drug-likeness (QED) is 0.604. The number of nitrogens with one attached hydrogen (secondary N) is 3. The Morgan fingerprint density at radius 2 is 2.13 bits per heavy atom. The summed E-state index contributed by atoms with van der Waals surface area (Å²) < 4.78 is 0. The maximum atomic E-state index is 12.6. The largest absolute Gasteiger partial charge is 0.376 e. The van der Waals surface area contributed by atoms with E-state index < -0.39 is 0 Å². The van der Waals surface area contributed by atoms with Gasteiger partial charge in [-0.25, -0.2) is 9.97 Å². The lowest BCUT2D eigenvalue weighted by atomic mass is 9.87. The number of anilines is 2. The van der Waals surface area contributed by atoms with Gasteiger partial charge in [-0.3, -0.25) is 4.79 Å². The summed E-state index contributed by atoms with van der Waals surface area (Å²) in [5.41, 5.74) is 3.14. The summed E-state index contributed by atoms with van der Waals surface area (Å²) in [5, 5.41) is 7.46. The Kier molecular flexibility index (Phi) is 5.61. The van der Waals surface area contributed by atoms with Crippen molar-refractivity contribution in [3.63, 3.8) is 0 Å². The van der Waals surface area contributed by atoms with Gasteiger partial charge in [-0.15, -0.1) is 0 Å². The molecule has 1 atom stereocenters. The normalized spacial score (nSPS) is 17.2. The van der Waals surface area contributed by atoms with Crippen molar-refractivity contribution in [3.05, 3.63) is 48.4 Å². The summed E-state index contributed by atoms with van der Waals surface area (Å²) in [4.78, 5) is 26.7. The second-order valence-electron chi connectivity index (χ2n) is 8.97. The molecule has 7 heteroatoms. The van der Waals surface area contributed by atoms with Crippen LogP contribution in [0.3, 0.4) is 0 Å². The lowest BCUT2D eigenvalue weighted by Crippen LogP contribution is -2.49. The molecule has 2 aromatic heterocycles. The van der Waals surface area contributed by atoms with Crippen LogP contribution in [0.1, 0.15) is 39.2 Å². The zero-order chi connectivity index (χ0) is 21.1. The lowest BCUT2D eigenvalue weighted by Gasteiger charge is -2.34. The van der Waals surface area contributed by atoms with E-state index in [2.05, 4.69) is 63.4 Å². The molecule has 3 heterocycles. The average molecular weight is 407 g/mol. The van der Waals surface area contributed by atoms with Gasteiger partial charge in [0.1, 0.15) is 17.8 Å². The van der Waals surface area contributed by atoms with Crippen LogP contribution in [0.5, 0.6) is 0 Å². The molecular weight excluding hydrogens is 376 g/mol. The molecule has 1 amide bonds. The van der Waals surface area contributed by atoms with Crippen molar-refractivity contribution in [2.24, 2.45) is 0 Å². The van der Waals surface area contributed by atoms with Crippen LogP contribution in [0.4, 0.5) is 11.5 Å². The number of hydrogen-bond donors (Lipinski definition) is 3. The van der Waals surface area contributed by atoms with Gasteiger partial charge in [0.2, 0.25) is 5.91 Å². The molecule has 158 valence electrons. The van der Waals surface area contributed by atoms with Gasteiger partial charge in [0.15, 0.2) is 0 Å². The number of carbonyl (C=O) groups excluding carboxylic acids is 1. The van der Waals surface area contributed by atoms with Crippen LogP contribution in [0.25, 0.3) is 11.0 Å². The number of rotatable bonds is 5. The molecule has 3 aromatic rings. The molecular formula is C23H30N6O. The molecule has 1 aliphatic rings. The van der Waals surface area contributed by atoms with E-state index in [-0.39, 0.29) is 23.9 Å². The Balaban J connectivity index is 1.34. The molecule has 4 rings (SSSR count). The number of H-pyrrole nitrogens is 1. The third-order valence-corrected chi connectivity index (χ3v) is 5.60. The molecule has 1 unspecified atom stereocenters. The summed E-state index contributed by atoms with van der Waals surface area (Å²) >= 11 is 0. The molecule has 0 bridgehead atoms. The topological polar surface area (TPSA) is 85.9 Å². The van der Waals surface area contributed by atoms with Gasteiger partial charge in [-0.2, -0.15) is 0 Å². The predicted octanol–water partition coefficient (Wildman–Crippen LogP) is 3.45. The average Bonchev–Trinajstić information content (AvgIpc) is 3.21. The van der Waals surface area contributed by atoms with Gasteiger partial charge in [0.25, 0.3) is 0 Å². The van der Waals surface area contributed by atoms with Crippen LogP contribution in [0.15, 0.2) is 42.9 Å². The van der Waals surface area contributed by atoms with Crippen LogP contribution < -0.4 is 15.5 Å². The van der Waals surface area contributed by atoms with Crippen LogP contribution in [0.2, 0.25) is 0 Å². The van der Waals surface area contributed by atoms with E-state index in [1.165, 1.54) is 5.56 Å². The number of hydrogen-bond acceptors (Lipinski definition) is 5. The second kappa shape index (κ2) is 8.34. The molecule has 0 saturated carbocycles. The summed E-state index contributed by atoms with van der Waals surface area (Å²) in [6, 6.07) is 10.4. The number of piperidine rings is 1. The van der Waals surface area contributed by atoms with E-state index in [4.69, 9.17) is 0 Å². The van der Waals surface area contributed by atoms with E-state index in [9.17, 15) is 4.79 Å². The van der Waals surface area contributed by atoms with Crippen molar-refractivity contribution in [2.45, 2.75) is 45.1 Å². The van der Waals surface area contributed by atoms with Crippen molar-refractivity contribution in [2.75, 3.05) is 29.9 Å². The molecule has 30 heavy (non-hydrogen) atoms. The number of benzene rings is 1. The highest BCUT2D eigenvalue weighted by molar-refractivity contribution is 5.87. The van der Waals surface area contributed by atoms with Gasteiger partial charge < -0.3 is 20.5 Å². The highest BCUT2D eigenvalue weighted by atomic mass is 16.2. The Labute approximate surface area is 177 Å². The predicted molar refractivity (Wildman–Crippen MR) is 121 cm³/mol. The Morgan fingerprint density at radius 3 is 2.97 bits per heavy atom. The van der Waals surface area contributed by atoms with Gasteiger partial charge in [0.05, 0.1) is 11.9 Å². The summed E-state index contributed by atoms with van der Waals surface area (Å²) in [5.74, 6) is 0.940. The van der Waals surface area contributed by atoms with Crippen molar-refractivity contribution < 1.29 is 4.79 Å². The fraction of sp³-hybridized carbons (Fsp3) is 0.435. The van der Waals surface area contributed by atoms with E-state index in [0.717, 1.165) is 48.5 Å². The van der Waals surface area contributed by atoms with Gasteiger partial charge >= 0.3 is 0 Å². The number of fused-ring (bicyclic) bond motifs is 1. The third kappa shape index (κ3) is 4.56. The lowest BCUT2D eigenvalue weighted by molar-refractivity contribution is -0.120. The zero-order valence-corrected chi connectivity index (χ0v) is 17.9. The standard InChI is InChI=1S/C23H30N6O/c1-23(2,3)16-6-4-7-17(12-16)25-13-20(30)28-18-8-5-11-29(14-18)22-19-9-10-24-21(19)26-15-27-22/h4,6-7,9-10,12,15,18,25H,5,8,11,13-14H2,1-3H3,(H,28,30)(H,24,26,27). The van der Waals surface area contributed by atoms with Crippen molar-refractivity contribution >= 4 is 28.4 Å². The molecule has 0 spiro atoms. The Morgan fingerprint density at radius 1 is 1.27 bits per heavy atom. The molecule has 3 N–H and O–H groups in total. The Hall–Kier alpha value is -3.09. The molecule has 7 nitrogen and oxygen atoms in total. The third-order valence-electron chi connectivity index (χ3n) is 5.60. The van der Waals surface area contributed by atoms with Crippen LogP contribution in [-0.2, 0) is 10.2 Å². The zero-order valence-electron chi connectivity index (χ0n) is 17.9. The van der Waals surface area contributed by atoms with Crippen molar-refractivity contribution in [1.82, 2.24) is 20.3 Å². The molecule has 0 radical (unpaired) electrons. The second-order valence-corrected chi connectivity index (χ2v) is 8.97. The fourth-order valence-electron chi connectivity index (χ4n) is 3.95. The first-order valence-corrected chi connectivity index (χ1v) is 10.6. The number of aromatic nitrogens is 3. The van der Waals surface area contributed by atoms with E-state index >= 15 is 0 Å². The van der Waals surface area contributed by atoms with Crippen molar-refractivity contribution in [3.8, 4) is 0 Å². The number of amides is 1. The number of nitrogens with zero attached hydrogens (tertiary/aromatic N) is 3. The Bertz CT molecular complexity index is 1020. The fourth-order valence-corrected chi connectivity index (χ4v) is 3.95. The summed E-state index contributed by atoms with van der Waals surface area (Å²) in [6.45, 7) is 8.51. The van der Waals surface area contributed by atoms with Crippen LogP contribution >= 0.6 is 0 Å². The van der Waals surface area contributed by atoms with Gasteiger partial charge in [-0.05, 0) is 42.0 Å². The first-order chi connectivity index (χ1) is 14.4. The molecule has 1 aliphatic heterocycles. The van der Waals surface area contributed by atoms with E-state index in [1.807, 2.05) is 24.4 Å². The maximum absolute atomic E-state index is 12.6. The minimum atomic E-state index is 0.0116. The highest BCUT2D eigenvalue weighted by Crippen LogP contribution is 2.26. The highest BCUT2D eigenvalue weighted by Gasteiger charge is 2.24. The summed E-state index contributed by atoms with van der Waals surface area (Å²) in [6.07, 6.45) is 5.46. The van der Waals surface area contributed by atoms with Crippen LogP contribution in [0, 0.1) is 0 Å². The number of carbonyl (C=O) groups is 1. The minimum Gasteiger partial charge on any atom is -0.376 e. The van der Waals surface area contributed by atoms with E-state index in [0.29, 0.717) is 0 Å². The van der Waals surface area contributed by atoms with Crippen molar-refractivity contribution in [1.29, 1.82) is 0 Å². The first-order valence-electron chi connectivity index (χ1n) is 10.6.